The minimum absolute atomic E-state index is 0.0366. The number of hydrogen-bond donors (Lipinski definition) is 1. The Morgan fingerprint density at radius 1 is 1.19 bits per heavy atom. The Hall–Kier alpha value is -3.75. The van der Waals surface area contributed by atoms with E-state index >= 15 is 0 Å². The topological polar surface area (TPSA) is 102 Å². The van der Waals surface area contributed by atoms with Crippen LogP contribution in [0.4, 0.5) is 5.69 Å². The molecule has 160 valence electrons. The second kappa shape index (κ2) is 8.55. The summed E-state index contributed by atoms with van der Waals surface area (Å²) in [6, 6.07) is 8.81. The minimum Gasteiger partial charge on any atom is -0.497 e. The van der Waals surface area contributed by atoms with Crippen molar-refractivity contribution in [1.29, 1.82) is 0 Å². The highest BCUT2D eigenvalue weighted by molar-refractivity contribution is 6.04. The molecule has 1 fully saturated rings. The lowest BCUT2D eigenvalue weighted by Gasteiger charge is -2.16. The van der Waals surface area contributed by atoms with Crippen LogP contribution in [0.2, 0.25) is 0 Å². The van der Waals surface area contributed by atoms with Gasteiger partial charge in [-0.1, -0.05) is 0 Å². The quantitative estimate of drug-likeness (QED) is 0.680. The van der Waals surface area contributed by atoms with E-state index in [1.165, 1.54) is 0 Å². The average molecular weight is 420 g/mol. The van der Waals surface area contributed by atoms with Crippen LogP contribution in [-0.4, -0.2) is 56.7 Å². The number of ether oxygens (including phenoxy) is 1. The zero-order valence-electron chi connectivity index (χ0n) is 17.7. The maximum Gasteiger partial charge on any atom is 0.272 e. The van der Waals surface area contributed by atoms with Crippen molar-refractivity contribution in [1.82, 2.24) is 24.6 Å². The van der Waals surface area contributed by atoms with E-state index in [0.29, 0.717) is 47.3 Å². The van der Waals surface area contributed by atoms with E-state index in [4.69, 9.17) is 4.74 Å². The Kier molecular flexibility index (Phi) is 5.66. The van der Waals surface area contributed by atoms with Gasteiger partial charge in [-0.2, -0.15) is 5.10 Å². The number of rotatable bonds is 5. The number of aryl methyl sites for hydroxylation is 2. The molecule has 0 bridgehead atoms. The van der Waals surface area contributed by atoms with E-state index in [9.17, 15) is 9.59 Å². The molecule has 3 aromatic rings. The van der Waals surface area contributed by atoms with Crippen molar-refractivity contribution in [2.24, 2.45) is 7.05 Å². The summed E-state index contributed by atoms with van der Waals surface area (Å²) in [5.74, 6) is 1.09. The predicted molar refractivity (Wildman–Crippen MR) is 114 cm³/mol. The number of carbonyl (C=O) groups excluding carboxylic acids is 2. The van der Waals surface area contributed by atoms with Crippen LogP contribution in [0, 0.1) is 6.92 Å². The lowest BCUT2D eigenvalue weighted by molar-refractivity contribution is 0.0779. The van der Waals surface area contributed by atoms with Crippen LogP contribution < -0.4 is 10.1 Å². The van der Waals surface area contributed by atoms with Gasteiger partial charge in [-0.25, -0.2) is 9.97 Å². The maximum absolute atomic E-state index is 12.7. The number of likely N-dealkylation sites (tertiary alicyclic amines) is 1. The molecule has 1 aromatic carbocycles. The van der Waals surface area contributed by atoms with Gasteiger partial charge in [0.15, 0.2) is 0 Å². The van der Waals surface area contributed by atoms with Gasteiger partial charge in [0.1, 0.15) is 17.3 Å². The van der Waals surface area contributed by atoms with Gasteiger partial charge in [0, 0.05) is 44.1 Å². The summed E-state index contributed by atoms with van der Waals surface area (Å²) < 4.78 is 6.70. The third-order valence-electron chi connectivity index (χ3n) is 5.47. The summed E-state index contributed by atoms with van der Waals surface area (Å²) in [5, 5.41) is 6.91. The smallest absolute Gasteiger partial charge is 0.272 e. The first-order chi connectivity index (χ1) is 15.0. The summed E-state index contributed by atoms with van der Waals surface area (Å²) in [6.07, 6.45) is 3.95. The highest BCUT2D eigenvalue weighted by Crippen LogP contribution is 2.26. The first-order valence-electron chi connectivity index (χ1n) is 10.0. The van der Waals surface area contributed by atoms with Crippen molar-refractivity contribution < 1.29 is 14.3 Å². The average Bonchev–Trinajstić information content (AvgIpc) is 3.43. The van der Waals surface area contributed by atoms with Crippen molar-refractivity contribution in [2.45, 2.75) is 19.3 Å². The first kappa shape index (κ1) is 20.5. The zero-order valence-corrected chi connectivity index (χ0v) is 17.7. The first-order valence-corrected chi connectivity index (χ1v) is 10.0. The van der Waals surface area contributed by atoms with Gasteiger partial charge in [0.2, 0.25) is 0 Å². The third-order valence-corrected chi connectivity index (χ3v) is 5.47. The SMILES string of the molecule is COc1ccc(NC(=O)c2cnc([C@H]3CCN(C(=O)c4ccnn4C)C3)nc2C)cc1. The largest absolute Gasteiger partial charge is 0.497 e. The molecule has 4 rings (SSSR count). The highest BCUT2D eigenvalue weighted by Gasteiger charge is 2.31. The van der Waals surface area contributed by atoms with Gasteiger partial charge in [0.05, 0.1) is 18.4 Å². The third kappa shape index (κ3) is 4.25. The second-order valence-electron chi connectivity index (χ2n) is 7.49. The van der Waals surface area contributed by atoms with E-state index in [0.717, 1.165) is 6.42 Å². The fourth-order valence-electron chi connectivity index (χ4n) is 3.68. The Morgan fingerprint density at radius 3 is 2.61 bits per heavy atom. The molecule has 0 spiro atoms. The predicted octanol–water partition coefficient (Wildman–Crippen LogP) is 2.41. The standard InChI is InChI=1S/C22H24N6O3/c1-14-18(21(29)26-16-4-6-17(31-3)7-5-16)12-23-20(25-14)15-9-11-28(13-15)22(30)19-8-10-24-27(19)2/h4-8,10,12,15H,9,11,13H2,1-3H3,(H,26,29)/t15-/m0/s1. The van der Waals surface area contributed by atoms with Gasteiger partial charge < -0.3 is 15.0 Å². The molecule has 1 aliphatic rings. The molecule has 31 heavy (non-hydrogen) atoms. The number of anilines is 1. The molecule has 0 unspecified atom stereocenters. The zero-order chi connectivity index (χ0) is 22.0. The molecule has 0 radical (unpaired) electrons. The molecule has 9 heteroatoms. The Bertz CT molecular complexity index is 1110. The van der Waals surface area contributed by atoms with E-state index in [-0.39, 0.29) is 17.7 Å². The van der Waals surface area contributed by atoms with Crippen molar-refractivity contribution in [3.8, 4) is 5.75 Å². The molecule has 0 aliphatic carbocycles. The molecular weight excluding hydrogens is 396 g/mol. The summed E-state index contributed by atoms with van der Waals surface area (Å²) in [4.78, 5) is 36.1. The van der Waals surface area contributed by atoms with Crippen molar-refractivity contribution in [3.63, 3.8) is 0 Å². The second-order valence-corrected chi connectivity index (χ2v) is 7.49. The maximum atomic E-state index is 12.7. The van der Waals surface area contributed by atoms with Gasteiger partial charge in [-0.05, 0) is 43.7 Å². The van der Waals surface area contributed by atoms with Crippen LogP contribution in [0.15, 0.2) is 42.7 Å². The van der Waals surface area contributed by atoms with Gasteiger partial charge in [-0.15, -0.1) is 0 Å². The molecule has 2 aromatic heterocycles. The molecule has 1 aliphatic heterocycles. The molecule has 1 atom stereocenters. The van der Waals surface area contributed by atoms with Crippen molar-refractivity contribution >= 4 is 17.5 Å². The Morgan fingerprint density at radius 2 is 1.97 bits per heavy atom. The van der Waals surface area contributed by atoms with E-state index in [1.807, 2.05) is 0 Å². The van der Waals surface area contributed by atoms with E-state index in [1.54, 1.807) is 73.4 Å². The van der Waals surface area contributed by atoms with Crippen molar-refractivity contribution in [2.75, 3.05) is 25.5 Å². The molecule has 1 saturated heterocycles. The summed E-state index contributed by atoms with van der Waals surface area (Å²) >= 11 is 0. The molecule has 2 amide bonds. The lowest BCUT2D eigenvalue weighted by atomic mass is 10.1. The molecular formula is C22H24N6O3. The number of methoxy groups -OCH3 is 1. The fourth-order valence-corrected chi connectivity index (χ4v) is 3.68. The number of carbonyl (C=O) groups is 2. The van der Waals surface area contributed by atoms with Crippen LogP contribution in [0.5, 0.6) is 5.75 Å². The summed E-state index contributed by atoms with van der Waals surface area (Å²) in [7, 11) is 3.34. The highest BCUT2D eigenvalue weighted by atomic mass is 16.5. The summed E-state index contributed by atoms with van der Waals surface area (Å²) in [5.41, 5.74) is 2.24. The number of nitrogens with zero attached hydrogens (tertiary/aromatic N) is 5. The van der Waals surface area contributed by atoms with Crippen molar-refractivity contribution in [3.05, 3.63) is 65.5 Å². The van der Waals surface area contributed by atoms with Gasteiger partial charge >= 0.3 is 0 Å². The molecule has 3 heterocycles. The Labute approximate surface area is 180 Å². The minimum atomic E-state index is -0.270. The fraction of sp³-hybridized carbons (Fsp3) is 0.318. The van der Waals surface area contributed by atoms with Gasteiger partial charge in [-0.3, -0.25) is 14.3 Å². The lowest BCUT2D eigenvalue weighted by Crippen LogP contribution is -2.30. The number of aromatic nitrogens is 4. The normalized spacial score (nSPS) is 15.7. The van der Waals surface area contributed by atoms with Gasteiger partial charge in [0.25, 0.3) is 11.8 Å². The van der Waals surface area contributed by atoms with E-state index in [2.05, 4.69) is 20.4 Å². The Balaban J connectivity index is 1.43. The van der Waals surface area contributed by atoms with Crippen LogP contribution in [0.3, 0.4) is 0 Å². The van der Waals surface area contributed by atoms with E-state index < -0.39 is 0 Å². The number of nitrogens with one attached hydrogen (secondary N) is 1. The van der Waals surface area contributed by atoms with Crippen LogP contribution >= 0.6 is 0 Å². The summed E-state index contributed by atoms with van der Waals surface area (Å²) in [6.45, 7) is 2.97. The molecule has 0 saturated carbocycles. The molecule has 1 N–H and O–H groups in total. The van der Waals surface area contributed by atoms with Crippen LogP contribution in [-0.2, 0) is 7.05 Å². The number of benzene rings is 1. The monoisotopic (exact) mass is 420 g/mol. The van der Waals surface area contributed by atoms with Crippen LogP contribution in [0.25, 0.3) is 0 Å². The number of hydrogen-bond acceptors (Lipinski definition) is 6. The number of amides is 2. The molecule has 9 nitrogen and oxygen atoms in total. The van der Waals surface area contributed by atoms with Crippen LogP contribution in [0.1, 0.15) is 44.7 Å².